The van der Waals surface area contributed by atoms with E-state index in [2.05, 4.69) is 25.2 Å². The molecule has 0 unspecified atom stereocenters. The Kier molecular flexibility index (Phi) is 6.32. The predicted octanol–water partition coefficient (Wildman–Crippen LogP) is 4.67. The van der Waals surface area contributed by atoms with Crippen LogP contribution in [-0.2, 0) is 0 Å². The number of likely N-dealkylation sites (tertiary alicyclic amines) is 1. The normalized spacial score (nSPS) is 14.4. The first-order chi connectivity index (χ1) is 14.1. The zero-order chi connectivity index (χ0) is 20.2. The summed E-state index contributed by atoms with van der Waals surface area (Å²) < 4.78 is 11.6. The van der Waals surface area contributed by atoms with Gasteiger partial charge in [-0.1, -0.05) is 0 Å². The van der Waals surface area contributed by atoms with E-state index in [0.717, 1.165) is 28.4 Å². The molecular weight excluding hydrogens is 410 g/mol. The van der Waals surface area contributed by atoms with Crippen LogP contribution in [0.1, 0.15) is 24.1 Å². The molecule has 1 aliphatic heterocycles. The molecule has 154 valence electrons. The molecule has 1 saturated heterocycles. The highest BCUT2D eigenvalue weighted by Crippen LogP contribution is 2.36. The van der Waals surface area contributed by atoms with Crippen LogP contribution in [-0.4, -0.2) is 53.2 Å². The van der Waals surface area contributed by atoms with E-state index < -0.39 is 0 Å². The third-order valence-corrected chi connectivity index (χ3v) is 5.87. The molecule has 0 saturated carbocycles. The van der Waals surface area contributed by atoms with E-state index in [9.17, 15) is 0 Å². The number of hydrogen-bond acceptors (Lipinski definition) is 8. The summed E-state index contributed by atoms with van der Waals surface area (Å²) in [5.74, 6) is 1.89. The molecule has 4 rings (SSSR count). The van der Waals surface area contributed by atoms with Crippen LogP contribution in [0.3, 0.4) is 0 Å². The van der Waals surface area contributed by atoms with Crippen LogP contribution in [0.2, 0.25) is 5.28 Å². The number of hydrogen-bond donors (Lipinski definition) is 1. The Morgan fingerprint density at radius 2 is 2.03 bits per heavy atom. The first-order valence-corrected chi connectivity index (χ1v) is 10.9. The van der Waals surface area contributed by atoms with Crippen molar-refractivity contribution in [2.75, 3.05) is 38.7 Å². The second-order valence-corrected chi connectivity index (χ2v) is 8.59. The van der Waals surface area contributed by atoms with Gasteiger partial charge in [0.05, 0.1) is 19.2 Å². The molecule has 7 nitrogen and oxygen atoms in total. The zero-order valence-electron chi connectivity index (χ0n) is 16.6. The average molecular weight is 434 g/mol. The lowest BCUT2D eigenvalue weighted by molar-refractivity contribution is 0.254. The van der Waals surface area contributed by atoms with Crippen LogP contribution in [0.4, 0.5) is 10.9 Å². The van der Waals surface area contributed by atoms with Gasteiger partial charge < -0.3 is 19.7 Å². The van der Waals surface area contributed by atoms with Crippen molar-refractivity contribution in [2.24, 2.45) is 0 Å². The van der Waals surface area contributed by atoms with E-state index in [0.29, 0.717) is 29.4 Å². The van der Waals surface area contributed by atoms with Gasteiger partial charge in [0.2, 0.25) is 5.28 Å². The summed E-state index contributed by atoms with van der Waals surface area (Å²) in [5, 5.41) is 4.94. The summed E-state index contributed by atoms with van der Waals surface area (Å²) in [4.78, 5) is 16.6. The van der Waals surface area contributed by atoms with Gasteiger partial charge in [-0.2, -0.15) is 4.98 Å². The molecule has 29 heavy (non-hydrogen) atoms. The van der Waals surface area contributed by atoms with Gasteiger partial charge in [0, 0.05) is 29.1 Å². The smallest absolute Gasteiger partial charge is 0.224 e. The van der Waals surface area contributed by atoms with Crippen molar-refractivity contribution in [1.82, 2.24) is 19.9 Å². The molecule has 1 N–H and O–H groups in total. The Morgan fingerprint density at radius 1 is 1.21 bits per heavy atom. The van der Waals surface area contributed by atoms with E-state index in [4.69, 9.17) is 21.1 Å². The summed E-state index contributed by atoms with van der Waals surface area (Å²) in [6, 6.07) is 3.74. The van der Waals surface area contributed by atoms with Gasteiger partial charge in [0.15, 0.2) is 16.6 Å². The maximum atomic E-state index is 6.16. The third-order valence-electron chi connectivity index (χ3n) is 4.88. The van der Waals surface area contributed by atoms with E-state index in [1.54, 1.807) is 18.4 Å². The van der Waals surface area contributed by atoms with Gasteiger partial charge in [-0.3, -0.25) is 0 Å². The van der Waals surface area contributed by atoms with Gasteiger partial charge in [-0.15, -0.1) is 11.3 Å². The molecule has 0 radical (unpaired) electrons. The Bertz CT molecular complexity index is 990. The molecular formula is C20H24ClN5O2S. The van der Waals surface area contributed by atoms with Crippen molar-refractivity contribution in [3.8, 4) is 11.5 Å². The molecule has 0 aliphatic carbocycles. The number of ether oxygens (including phenoxy) is 2. The topological polar surface area (TPSA) is 72.4 Å². The number of rotatable bonds is 8. The lowest BCUT2D eigenvalue weighted by Gasteiger charge is -2.16. The molecule has 1 aliphatic rings. The van der Waals surface area contributed by atoms with Crippen LogP contribution < -0.4 is 14.8 Å². The van der Waals surface area contributed by atoms with Crippen molar-refractivity contribution < 1.29 is 9.47 Å². The van der Waals surface area contributed by atoms with Crippen LogP contribution in [0.5, 0.6) is 11.5 Å². The van der Waals surface area contributed by atoms with Crippen LogP contribution >= 0.6 is 22.9 Å². The van der Waals surface area contributed by atoms with Crippen molar-refractivity contribution in [3.63, 3.8) is 0 Å². The highest BCUT2D eigenvalue weighted by atomic mass is 35.5. The summed E-state index contributed by atoms with van der Waals surface area (Å²) >= 11 is 7.71. The Labute approximate surface area is 179 Å². The lowest BCUT2D eigenvalue weighted by atomic mass is 10.2. The monoisotopic (exact) mass is 433 g/mol. The third kappa shape index (κ3) is 4.88. The zero-order valence-corrected chi connectivity index (χ0v) is 18.1. The molecule has 3 heterocycles. The van der Waals surface area contributed by atoms with Crippen LogP contribution in [0.15, 0.2) is 18.3 Å². The average Bonchev–Trinajstić information content (AvgIpc) is 3.36. The minimum absolute atomic E-state index is 0.165. The van der Waals surface area contributed by atoms with E-state index in [1.807, 2.05) is 25.3 Å². The number of aryl methyl sites for hydroxylation is 1. The summed E-state index contributed by atoms with van der Waals surface area (Å²) in [6.07, 6.45) is 5.39. The minimum atomic E-state index is 0.165. The first kappa shape index (κ1) is 20.1. The Hall–Kier alpha value is -2.16. The highest BCUT2D eigenvalue weighted by Gasteiger charge is 2.15. The number of methoxy groups -OCH3 is 1. The minimum Gasteiger partial charge on any atom is -0.493 e. The molecule has 0 spiro atoms. The Balaban J connectivity index is 1.54. The van der Waals surface area contributed by atoms with Crippen LogP contribution in [0, 0.1) is 6.92 Å². The standard InChI is InChI=1S/C20H24ClN5O2S/c1-13-12-22-20(29-13)25-18-14-10-16(27-2)17(11-15(14)23-19(21)24-18)28-9-5-8-26-6-3-4-7-26/h10-12H,3-9H2,1-2H3,(H,22,23,24,25). The molecule has 2 aromatic heterocycles. The number of nitrogens with zero attached hydrogens (tertiary/aromatic N) is 4. The van der Waals surface area contributed by atoms with Gasteiger partial charge in [-0.05, 0) is 56.9 Å². The summed E-state index contributed by atoms with van der Waals surface area (Å²) in [5.41, 5.74) is 0.691. The number of fused-ring (bicyclic) bond motifs is 1. The number of nitrogens with one attached hydrogen (secondary N) is 1. The number of thiazole rings is 1. The van der Waals surface area contributed by atoms with E-state index in [-0.39, 0.29) is 5.28 Å². The second kappa shape index (κ2) is 9.11. The largest absolute Gasteiger partial charge is 0.493 e. The number of benzene rings is 1. The number of halogens is 1. The molecule has 3 aromatic rings. The predicted molar refractivity (Wildman–Crippen MR) is 117 cm³/mol. The SMILES string of the molecule is COc1cc2c(Nc3ncc(C)s3)nc(Cl)nc2cc1OCCCN1CCCC1. The summed E-state index contributed by atoms with van der Waals surface area (Å²) in [6.45, 7) is 6.09. The van der Waals surface area contributed by atoms with E-state index >= 15 is 0 Å². The van der Waals surface area contributed by atoms with Gasteiger partial charge in [0.25, 0.3) is 0 Å². The second-order valence-electron chi connectivity index (χ2n) is 7.01. The fourth-order valence-corrected chi connectivity index (χ4v) is 4.31. The van der Waals surface area contributed by atoms with Gasteiger partial charge in [-0.25, -0.2) is 9.97 Å². The highest BCUT2D eigenvalue weighted by molar-refractivity contribution is 7.15. The molecule has 0 atom stereocenters. The maximum Gasteiger partial charge on any atom is 0.224 e. The summed E-state index contributed by atoms with van der Waals surface area (Å²) in [7, 11) is 1.63. The number of aromatic nitrogens is 3. The first-order valence-electron chi connectivity index (χ1n) is 9.72. The molecule has 0 amide bonds. The van der Waals surface area contributed by atoms with Gasteiger partial charge in [0.1, 0.15) is 5.82 Å². The quantitative estimate of drug-likeness (QED) is 0.409. The fourth-order valence-electron chi connectivity index (χ4n) is 3.47. The van der Waals surface area contributed by atoms with E-state index in [1.165, 1.54) is 25.9 Å². The van der Waals surface area contributed by atoms with Gasteiger partial charge >= 0.3 is 0 Å². The van der Waals surface area contributed by atoms with Crippen LogP contribution in [0.25, 0.3) is 10.9 Å². The maximum absolute atomic E-state index is 6.16. The molecule has 0 bridgehead atoms. The van der Waals surface area contributed by atoms with Crippen molar-refractivity contribution >= 4 is 44.8 Å². The van der Waals surface area contributed by atoms with Crippen molar-refractivity contribution in [3.05, 3.63) is 28.5 Å². The number of anilines is 2. The molecule has 9 heteroatoms. The van der Waals surface area contributed by atoms with Crippen molar-refractivity contribution in [1.29, 1.82) is 0 Å². The lowest BCUT2D eigenvalue weighted by Crippen LogP contribution is -2.21. The fraction of sp³-hybridized carbons (Fsp3) is 0.450. The molecule has 1 fully saturated rings. The molecule has 1 aromatic carbocycles. The Morgan fingerprint density at radius 3 is 2.76 bits per heavy atom. The van der Waals surface area contributed by atoms with Crippen molar-refractivity contribution in [2.45, 2.75) is 26.2 Å².